The van der Waals surface area contributed by atoms with Gasteiger partial charge in [-0.2, -0.15) is 0 Å². The largest absolute Gasteiger partial charge is 0.362 e. The van der Waals surface area contributed by atoms with Crippen LogP contribution in [0.2, 0.25) is 5.02 Å². The van der Waals surface area contributed by atoms with Gasteiger partial charge in [0.05, 0.1) is 4.92 Å². The Morgan fingerprint density at radius 2 is 1.95 bits per heavy atom. The van der Waals surface area contributed by atoms with Gasteiger partial charge < -0.3 is 9.80 Å². The Morgan fingerprint density at radius 1 is 1.30 bits per heavy atom. The molecular weight excluding hydrogens is 305 g/mol. The SMILES string of the molecule is O=C(CCl)N1CCN(c2ccc(Cl)cc2[N+](=O)[O-])CC1. The van der Waals surface area contributed by atoms with Crippen LogP contribution in [0.3, 0.4) is 0 Å². The normalized spacial score (nSPS) is 15.3. The molecule has 0 radical (unpaired) electrons. The number of anilines is 1. The molecule has 0 atom stereocenters. The number of carbonyl (C=O) groups excluding carboxylic acids is 1. The maximum absolute atomic E-state index is 11.5. The van der Waals surface area contributed by atoms with Crippen LogP contribution in [-0.4, -0.2) is 47.8 Å². The van der Waals surface area contributed by atoms with Crippen LogP contribution in [0, 0.1) is 10.1 Å². The van der Waals surface area contributed by atoms with Crippen LogP contribution in [0.4, 0.5) is 11.4 Å². The zero-order valence-electron chi connectivity index (χ0n) is 10.6. The first-order valence-corrected chi connectivity index (χ1v) is 6.97. The summed E-state index contributed by atoms with van der Waals surface area (Å²) >= 11 is 11.3. The van der Waals surface area contributed by atoms with Crippen LogP contribution >= 0.6 is 23.2 Å². The lowest BCUT2D eigenvalue weighted by Crippen LogP contribution is -2.49. The van der Waals surface area contributed by atoms with Gasteiger partial charge >= 0.3 is 0 Å². The van der Waals surface area contributed by atoms with Crippen molar-refractivity contribution in [2.24, 2.45) is 0 Å². The van der Waals surface area contributed by atoms with E-state index in [2.05, 4.69) is 0 Å². The third kappa shape index (κ3) is 3.13. The molecule has 0 bridgehead atoms. The highest BCUT2D eigenvalue weighted by Crippen LogP contribution is 2.31. The third-order valence-corrected chi connectivity index (χ3v) is 3.69. The fraction of sp³-hybridized carbons (Fsp3) is 0.417. The number of hydrogen-bond donors (Lipinski definition) is 0. The number of alkyl halides is 1. The summed E-state index contributed by atoms with van der Waals surface area (Å²) in [5, 5.41) is 11.4. The van der Waals surface area contributed by atoms with E-state index in [0.717, 1.165) is 0 Å². The van der Waals surface area contributed by atoms with Crippen molar-refractivity contribution >= 4 is 40.5 Å². The molecule has 1 amide bonds. The van der Waals surface area contributed by atoms with Crippen LogP contribution in [0.5, 0.6) is 0 Å². The lowest BCUT2D eigenvalue weighted by molar-refractivity contribution is -0.384. The first-order valence-electron chi connectivity index (χ1n) is 6.05. The summed E-state index contributed by atoms with van der Waals surface area (Å²) in [4.78, 5) is 25.6. The van der Waals surface area contributed by atoms with Crippen LogP contribution in [0.25, 0.3) is 0 Å². The van der Waals surface area contributed by atoms with Crippen LogP contribution in [-0.2, 0) is 4.79 Å². The third-order valence-electron chi connectivity index (χ3n) is 3.22. The number of amides is 1. The van der Waals surface area contributed by atoms with Gasteiger partial charge in [0.1, 0.15) is 11.6 Å². The van der Waals surface area contributed by atoms with E-state index in [4.69, 9.17) is 23.2 Å². The van der Waals surface area contributed by atoms with Crippen molar-refractivity contribution in [2.75, 3.05) is 37.0 Å². The maximum Gasteiger partial charge on any atom is 0.294 e. The predicted molar refractivity (Wildman–Crippen MR) is 77.6 cm³/mol. The Balaban J connectivity index is 2.15. The molecule has 1 aromatic rings. The fourth-order valence-corrected chi connectivity index (χ4v) is 2.53. The van der Waals surface area contributed by atoms with Crippen molar-refractivity contribution in [3.8, 4) is 0 Å². The molecule has 0 spiro atoms. The summed E-state index contributed by atoms with van der Waals surface area (Å²) in [6, 6.07) is 4.60. The van der Waals surface area contributed by atoms with Gasteiger partial charge in [0.25, 0.3) is 5.69 Å². The lowest BCUT2D eigenvalue weighted by atomic mass is 10.2. The van der Waals surface area contributed by atoms with Crippen LogP contribution < -0.4 is 4.90 Å². The smallest absolute Gasteiger partial charge is 0.294 e. The minimum atomic E-state index is -0.447. The zero-order valence-corrected chi connectivity index (χ0v) is 12.1. The summed E-state index contributed by atoms with van der Waals surface area (Å²) in [7, 11) is 0. The topological polar surface area (TPSA) is 66.7 Å². The van der Waals surface area contributed by atoms with Crippen molar-refractivity contribution in [3.63, 3.8) is 0 Å². The Labute approximate surface area is 126 Å². The molecule has 1 aliphatic rings. The fourth-order valence-electron chi connectivity index (χ4n) is 2.19. The highest BCUT2D eigenvalue weighted by Gasteiger charge is 2.25. The highest BCUT2D eigenvalue weighted by atomic mass is 35.5. The van der Waals surface area contributed by atoms with Crippen molar-refractivity contribution in [3.05, 3.63) is 33.3 Å². The van der Waals surface area contributed by atoms with E-state index in [9.17, 15) is 14.9 Å². The molecule has 1 heterocycles. The summed E-state index contributed by atoms with van der Waals surface area (Å²) in [6.07, 6.45) is 0. The number of halogens is 2. The second-order valence-corrected chi connectivity index (χ2v) is 5.10. The molecule has 108 valence electrons. The zero-order chi connectivity index (χ0) is 14.7. The molecule has 2 rings (SSSR count). The van der Waals surface area contributed by atoms with E-state index in [0.29, 0.717) is 36.9 Å². The molecule has 8 heteroatoms. The predicted octanol–water partition coefficient (Wildman–Crippen LogP) is 2.14. The quantitative estimate of drug-likeness (QED) is 0.486. The van der Waals surface area contributed by atoms with Gasteiger partial charge in [0, 0.05) is 37.3 Å². The molecular formula is C12H13Cl2N3O3. The highest BCUT2D eigenvalue weighted by molar-refractivity contribution is 6.31. The van der Waals surface area contributed by atoms with E-state index in [1.807, 2.05) is 4.90 Å². The van der Waals surface area contributed by atoms with Crippen LogP contribution in [0.1, 0.15) is 0 Å². The molecule has 0 aliphatic carbocycles. The number of nitro benzene ring substituents is 1. The number of nitro groups is 1. The Bertz CT molecular complexity index is 531. The molecule has 0 unspecified atom stereocenters. The second kappa shape index (κ2) is 6.28. The molecule has 1 aliphatic heterocycles. The Hall–Kier alpha value is -1.53. The lowest BCUT2D eigenvalue weighted by Gasteiger charge is -2.35. The number of carbonyl (C=O) groups is 1. The van der Waals surface area contributed by atoms with Crippen molar-refractivity contribution in [1.29, 1.82) is 0 Å². The molecule has 20 heavy (non-hydrogen) atoms. The van der Waals surface area contributed by atoms with Gasteiger partial charge in [-0.1, -0.05) is 11.6 Å². The number of hydrogen-bond acceptors (Lipinski definition) is 4. The van der Waals surface area contributed by atoms with Gasteiger partial charge in [0.2, 0.25) is 5.91 Å². The second-order valence-electron chi connectivity index (χ2n) is 4.39. The minimum absolute atomic E-state index is 0.0189. The summed E-state index contributed by atoms with van der Waals surface area (Å²) in [5.74, 6) is -0.155. The summed E-state index contributed by atoms with van der Waals surface area (Å²) < 4.78 is 0. The summed E-state index contributed by atoms with van der Waals surface area (Å²) in [6.45, 7) is 2.08. The minimum Gasteiger partial charge on any atom is -0.362 e. The monoisotopic (exact) mass is 317 g/mol. The standard InChI is InChI=1S/C12H13Cl2N3O3/c13-8-12(18)16-5-3-15(4-6-16)10-2-1-9(14)7-11(10)17(19)20/h1-2,7H,3-6,8H2. The van der Waals surface area contributed by atoms with Gasteiger partial charge in [-0.25, -0.2) is 0 Å². The Morgan fingerprint density at radius 3 is 2.50 bits per heavy atom. The Kier molecular flexibility index (Phi) is 4.67. The molecule has 0 N–H and O–H groups in total. The molecule has 1 fully saturated rings. The first kappa shape index (κ1) is 14.9. The van der Waals surface area contributed by atoms with Gasteiger partial charge in [-0.15, -0.1) is 11.6 Å². The summed E-state index contributed by atoms with van der Waals surface area (Å²) in [5.41, 5.74) is 0.506. The van der Waals surface area contributed by atoms with Crippen LogP contribution in [0.15, 0.2) is 18.2 Å². The maximum atomic E-state index is 11.5. The van der Waals surface area contributed by atoms with Crippen molar-refractivity contribution < 1.29 is 9.72 Å². The average Bonchev–Trinajstić information content (AvgIpc) is 2.46. The molecule has 6 nitrogen and oxygen atoms in total. The van der Waals surface area contributed by atoms with Gasteiger partial charge in [-0.05, 0) is 12.1 Å². The number of piperazine rings is 1. The van der Waals surface area contributed by atoms with E-state index in [-0.39, 0.29) is 17.5 Å². The van der Waals surface area contributed by atoms with Crippen molar-refractivity contribution in [1.82, 2.24) is 4.90 Å². The molecule has 0 saturated carbocycles. The van der Waals surface area contributed by atoms with Gasteiger partial charge in [-0.3, -0.25) is 14.9 Å². The average molecular weight is 318 g/mol. The molecule has 0 aromatic heterocycles. The van der Waals surface area contributed by atoms with E-state index in [1.165, 1.54) is 6.07 Å². The van der Waals surface area contributed by atoms with E-state index < -0.39 is 4.92 Å². The number of nitrogens with zero attached hydrogens (tertiary/aromatic N) is 3. The van der Waals surface area contributed by atoms with E-state index in [1.54, 1.807) is 17.0 Å². The molecule has 1 aromatic carbocycles. The first-order chi connectivity index (χ1) is 9.52. The number of benzene rings is 1. The van der Waals surface area contributed by atoms with Gasteiger partial charge in [0.15, 0.2) is 0 Å². The van der Waals surface area contributed by atoms with Crippen molar-refractivity contribution in [2.45, 2.75) is 0 Å². The molecule has 1 saturated heterocycles. The van der Waals surface area contributed by atoms with E-state index >= 15 is 0 Å². The number of rotatable bonds is 3.